The van der Waals surface area contributed by atoms with Crippen LogP contribution >= 0.6 is 0 Å². The Kier molecular flexibility index (Phi) is 4.87. The van der Waals surface area contributed by atoms with Crippen LogP contribution in [0.4, 0.5) is 0 Å². The molecular weight excluding hydrogens is 234 g/mol. The fourth-order valence-electron chi connectivity index (χ4n) is 3.14. The zero-order valence-corrected chi connectivity index (χ0v) is 12.6. The van der Waals surface area contributed by atoms with Crippen LogP contribution in [0.5, 0.6) is 5.75 Å². The Morgan fingerprint density at radius 1 is 1.21 bits per heavy atom. The predicted molar refractivity (Wildman–Crippen MR) is 80.5 cm³/mol. The molecule has 1 aromatic rings. The third-order valence-corrected chi connectivity index (χ3v) is 4.81. The molecule has 0 spiro atoms. The smallest absolute Gasteiger partial charge is 0.118 e. The van der Waals surface area contributed by atoms with Gasteiger partial charge in [-0.05, 0) is 48.8 Å². The molecule has 4 unspecified atom stereocenters. The number of hydrogen-bond donors (Lipinski definition) is 1. The van der Waals surface area contributed by atoms with Crippen molar-refractivity contribution >= 4 is 0 Å². The molecule has 106 valence electrons. The number of ether oxygens (including phenoxy) is 1. The van der Waals surface area contributed by atoms with E-state index in [1.54, 1.807) is 7.11 Å². The molecular formula is C17H27NO. The first kappa shape index (κ1) is 14.4. The molecule has 0 amide bonds. The Balaban J connectivity index is 2.03. The van der Waals surface area contributed by atoms with Crippen LogP contribution in [0, 0.1) is 11.8 Å². The summed E-state index contributed by atoms with van der Waals surface area (Å²) in [6, 6.07) is 9.61. The molecule has 1 fully saturated rings. The van der Waals surface area contributed by atoms with Crippen LogP contribution in [0.1, 0.15) is 51.6 Å². The molecule has 4 atom stereocenters. The molecule has 0 aliphatic heterocycles. The van der Waals surface area contributed by atoms with Gasteiger partial charge >= 0.3 is 0 Å². The highest BCUT2D eigenvalue weighted by Gasteiger charge is 2.30. The van der Waals surface area contributed by atoms with Crippen LogP contribution in [0.3, 0.4) is 0 Å². The van der Waals surface area contributed by atoms with Crippen LogP contribution in [0.25, 0.3) is 0 Å². The van der Waals surface area contributed by atoms with Crippen LogP contribution in [-0.2, 0) is 0 Å². The van der Waals surface area contributed by atoms with E-state index >= 15 is 0 Å². The van der Waals surface area contributed by atoms with Gasteiger partial charge in [0.1, 0.15) is 5.75 Å². The highest BCUT2D eigenvalue weighted by molar-refractivity contribution is 5.29. The predicted octanol–water partition coefficient (Wildman–Crippen LogP) is 4.17. The average molecular weight is 261 g/mol. The van der Waals surface area contributed by atoms with Gasteiger partial charge in [0.05, 0.1) is 7.11 Å². The Labute approximate surface area is 117 Å². The molecule has 0 heterocycles. The van der Waals surface area contributed by atoms with E-state index in [9.17, 15) is 0 Å². The lowest BCUT2D eigenvalue weighted by Crippen LogP contribution is -2.35. The largest absolute Gasteiger partial charge is 0.497 e. The van der Waals surface area contributed by atoms with Crippen LogP contribution in [-0.4, -0.2) is 13.2 Å². The Hall–Kier alpha value is -1.02. The Morgan fingerprint density at radius 2 is 1.89 bits per heavy atom. The van der Waals surface area contributed by atoms with Gasteiger partial charge in [0.15, 0.2) is 0 Å². The monoisotopic (exact) mass is 261 g/mol. The van der Waals surface area contributed by atoms with E-state index < -0.39 is 0 Å². The van der Waals surface area contributed by atoms with E-state index in [0.717, 1.165) is 24.0 Å². The number of rotatable bonds is 5. The van der Waals surface area contributed by atoms with E-state index in [4.69, 9.17) is 4.74 Å². The van der Waals surface area contributed by atoms with E-state index in [1.165, 1.54) is 18.4 Å². The second-order valence-corrected chi connectivity index (χ2v) is 5.92. The standard InChI is InChI=1S/C17H27NO/c1-5-16(14-7-9-15(19-4)10-8-14)18-17-11-6-12(2)13(17)3/h7-10,12-13,16-18H,5-6,11H2,1-4H3. The summed E-state index contributed by atoms with van der Waals surface area (Å²) in [4.78, 5) is 0. The molecule has 0 saturated heterocycles. The zero-order valence-electron chi connectivity index (χ0n) is 12.6. The summed E-state index contributed by atoms with van der Waals surface area (Å²) in [7, 11) is 1.71. The molecule has 1 saturated carbocycles. The lowest BCUT2D eigenvalue weighted by molar-refractivity contribution is 0.335. The van der Waals surface area contributed by atoms with Gasteiger partial charge in [-0.3, -0.25) is 0 Å². The second-order valence-electron chi connectivity index (χ2n) is 5.92. The third kappa shape index (κ3) is 3.30. The SMILES string of the molecule is CCC(NC1CCC(C)C1C)c1ccc(OC)cc1. The number of methoxy groups -OCH3 is 1. The van der Waals surface area contributed by atoms with Gasteiger partial charge in [-0.15, -0.1) is 0 Å². The molecule has 0 radical (unpaired) electrons. The minimum atomic E-state index is 0.462. The van der Waals surface area contributed by atoms with Gasteiger partial charge < -0.3 is 10.1 Å². The summed E-state index contributed by atoms with van der Waals surface area (Å²) in [5.74, 6) is 2.57. The quantitative estimate of drug-likeness (QED) is 0.859. The van der Waals surface area contributed by atoms with Crippen molar-refractivity contribution in [3.05, 3.63) is 29.8 Å². The summed E-state index contributed by atoms with van der Waals surface area (Å²) >= 11 is 0. The number of hydrogen-bond acceptors (Lipinski definition) is 2. The van der Waals surface area contributed by atoms with E-state index in [-0.39, 0.29) is 0 Å². The number of nitrogens with one attached hydrogen (secondary N) is 1. The van der Waals surface area contributed by atoms with Crippen molar-refractivity contribution in [2.24, 2.45) is 11.8 Å². The maximum Gasteiger partial charge on any atom is 0.118 e. The fourth-order valence-corrected chi connectivity index (χ4v) is 3.14. The minimum absolute atomic E-state index is 0.462. The first-order chi connectivity index (χ1) is 9.15. The molecule has 1 aliphatic carbocycles. The maximum atomic E-state index is 5.23. The Morgan fingerprint density at radius 3 is 2.37 bits per heavy atom. The summed E-state index contributed by atoms with van der Waals surface area (Å²) in [5, 5.41) is 3.86. The van der Waals surface area contributed by atoms with Gasteiger partial charge in [-0.25, -0.2) is 0 Å². The summed E-state index contributed by atoms with van der Waals surface area (Å²) in [6.45, 7) is 7.02. The highest BCUT2D eigenvalue weighted by atomic mass is 16.5. The first-order valence-electron chi connectivity index (χ1n) is 7.55. The topological polar surface area (TPSA) is 21.3 Å². The second kappa shape index (κ2) is 6.42. The molecule has 2 heteroatoms. The van der Waals surface area contributed by atoms with E-state index in [1.807, 2.05) is 0 Å². The summed E-state index contributed by atoms with van der Waals surface area (Å²) in [6.07, 6.45) is 3.80. The molecule has 2 rings (SSSR count). The van der Waals surface area contributed by atoms with Crippen LogP contribution < -0.4 is 10.1 Å². The zero-order chi connectivity index (χ0) is 13.8. The van der Waals surface area contributed by atoms with Crippen molar-refractivity contribution < 1.29 is 4.74 Å². The lowest BCUT2D eigenvalue weighted by Gasteiger charge is -2.26. The molecule has 0 aromatic heterocycles. The van der Waals surface area contributed by atoms with Crippen LogP contribution in [0.15, 0.2) is 24.3 Å². The minimum Gasteiger partial charge on any atom is -0.497 e. The molecule has 1 N–H and O–H groups in total. The summed E-state index contributed by atoms with van der Waals surface area (Å²) in [5.41, 5.74) is 1.37. The van der Waals surface area contributed by atoms with Crippen molar-refractivity contribution in [2.45, 2.75) is 52.1 Å². The van der Waals surface area contributed by atoms with Crippen molar-refractivity contribution in [1.82, 2.24) is 5.32 Å². The average Bonchev–Trinajstić information content (AvgIpc) is 2.76. The van der Waals surface area contributed by atoms with Crippen molar-refractivity contribution in [3.63, 3.8) is 0 Å². The van der Waals surface area contributed by atoms with Gasteiger partial charge in [0.2, 0.25) is 0 Å². The molecule has 2 nitrogen and oxygen atoms in total. The van der Waals surface area contributed by atoms with Gasteiger partial charge in [-0.2, -0.15) is 0 Å². The van der Waals surface area contributed by atoms with Gasteiger partial charge in [0.25, 0.3) is 0 Å². The van der Waals surface area contributed by atoms with Crippen molar-refractivity contribution in [2.75, 3.05) is 7.11 Å². The van der Waals surface area contributed by atoms with Crippen molar-refractivity contribution in [1.29, 1.82) is 0 Å². The maximum absolute atomic E-state index is 5.23. The van der Waals surface area contributed by atoms with Gasteiger partial charge in [-0.1, -0.05) is 32.9 Å². The third-order valence-electron chi connectivity index (χ3n) is 4.81. The fraction of sp³-hybridized carbons (Fsp3) is 0.647. The normalized spacial score (nSPS) is 28.3. The Bertz CT molecular complexity index is 387. The first-order valence-corrected chi connectivity index (χ1v) is 7.55. The van der Waals surface area contributed by atoms with E-state index in [0.29, 0.717) is 12.1 Å². The molecule has 1 aliphatic rings. The molecule has 1 aromatic carbocycles. The summed E-state index contributed by atoms with van der Waals surface area (Å²) < 4.78 is 5.23. The highest BCUT2D eigenvalue weighted by Crippen LogP contribution is 2.33. The molecule has 0 bridgehead atoms. The van der Waals surface area contributed by atoms with E-state index in [2.05, 4.69) is 50.4 Å². The van der Waals surface area contributed by atoms with Crippen LogP contribution in [0.2, 0.25) is 0 Å². The number of benzene rings is 1. The van der Waals surface area contributed by atoms with Gasteiger partial charge in [0, 0.05) is 12.1 Å². The lowest BCUT2D eigenvalue weighted by atomic mass is 9.96. The molecule has 19 heavy (non-hydrogen) atoms. The van der Waals surface area contributed by atoms with Crippen molar-refractivity contribution in [3.8, 4) is 5.75 Å².